The summed E-state index contributed by atoms with van der Waals surface area (Å²) in [5.74, 6) is -2.88. The minimum Gasteiger partial charge on any atom is -0.330 e. The van der Waals surface area contributed by atoms with Gasteiger partial charge < -0.3 is 5.73 Å². The van der Waals surface area contributed by atoms with Gasteiger partial charge in [-0.15, -0.1) is 0 Å². The largest absolute Gasteiger partial charge is 0.330 e. The Morgan fingerprint density at radius 3 is 2.33 bits per heavy atom. The van der Waals surface area contributed by atoms with E-state index in [2.05, 4.69) is 0 Å². The third-order valence-electron chi connectivity index (χ3n) is 4.07. The SMILES string of the molecule is CC(C)(CN)C(F)(F)c1ccc2c(c1)CCCC2. The van der Waals surface area contributed by atoms with E-state index in [1.165, 1.54) is 19.4 Å². The highest BCUT2D eigenvalue weighted by molar-refractivity contribution is 5.36. The molecule has 18 heavy (non-hydrogen) atoms. The van der Waals surface area contributed by atoms with Crippen molar-refractivity contribution in [3.05, 3.63) is 34.9 Å². The zero-order chi connectivity index (χ0) is 13.4. The Balaban J connectivity index is 2.39. The summed E-state index contributed by atoms with van der Waals surface area (Å²) in [7, 11) is 0. The van der Waals surface area contributed by atoms with Crippen molar-refractivity contribution in [3.63, 3.8) is 0 Å². The summed E-state index contributed by atoms with van der Waals surface area (Å²) in [4.78, 5) is 0. The number of alkyl halides is 2. The predicted molar refractivity (Wildman–Crippen MR) is 69.8 cm³/mol. The molecule has 1 aromatic carbocycles. The summed E-state index contributed by atoms with van der Waals surface area (Å²) in [5, 5.41) is 0. The minimum atomic E-state index is -2.88. The van der Waals surface area contributed by atoms with Gasteiger partial charge in [0, 0.05) is 17.5 Å². The van der Waals surface area contributed by atoms with Gasteiger partial charge in [0.1, 0.15) is 0 Å². The Kier molecular flexibility index (Phi) is 3.45. The van der Waals surface area contributed by atoms with E-state index in [0.717, 1.165) is 31.2 Å². The van der Waals surface area contributed by atoms with E-state index in [-0.39, 0.29) is 12.1 Å². The topological polar surface area (TPSA) is 26.0 Å². The Bertz CT molecular complexity index is 438. The fourth-order valence-electron chi connectivity index (χ4n) is 2.45. The Morgan fingerprint density at radius 1 is 1.11 bits per heavy atom. The first-order chi connectivity index (χ1) is 8.38. The second kappa shape index (κ2) is 4.61. The van der Waals surface area contributed by atoms with Crippen molar-refractivity contribution < 1.29 is 8.78 Å². The summed E-state index contributed by atoms with van der Waals surface area (Å²) in [6, 6.07) is 5.12. The van der Waals surface area contributed by atoms with Crippen molar-refractivity contribution in [2.75, 3.05) is 6.54 Å². The van der Waals surface area contributed by atoms with Crippen molar-refractivity contribution in [1.29, 1.82) is 0 Å². The van der Waals surface area contributed by atoms with E-state index in [9.17, 15) is 8.78 Å². The quantitative estimate of drug-likeness (QED) is 0.874. The normalized spacial score (nSPS) is 16.5. The van der Waals surface area contributed by atoms with Crippen LogP contribution < -0.4 is 5.73 Å². The average Bonchev–Trinajstić information content (AvgIpc) is 2.37. The third-order valence-corrected chi connectivity index (χ3v) is 4.07. The molecule has 0 saturated carbocycles. The molecule has 1 nitrogen and oxygen atoms in total. The standard InChI is InChI=1S/C15H21F2N/c1-14(2,10-18)15(16,17)13-8-7-11-5-3-4-6-12(11)9-13/h7-9H,3-6,10,18H2,1-2H3. The van der Waals surface area contributed by atoms with Crippen LogP contribution in [0, 0.1) is 5.41 Å². The van der Waals surface area contributed by atoms with E-state index in [0.29, 0.717) is 0 Å². The molecule has 0 atom stereocenters. The van der Waals surface area contributed by atoms with E-state index in [1.54, 1.807) is 12.1 Å². The van der Waals surface area contributed by atoms with Crippen molar-refractivity contribution in [2.24, 2.45) is 11.1 Å². The lowest BCUT2D eigenvalue weighted by Gasteiger charge is -2.34. The molecule has 0 radical (unpaired) electrons. The number of aryl methyl sites for hydroxylation is 2. The van der Waals surface area contributed by atoms with Gasteiger partial charge in [-0.25, -0.2) is 8.78 Å². The van der Waals surface area contributed by atoms with Gasteiger partial charge in [-0.3, -0.25) is 0 Å². The van der Waals surface area contributed by atoms with E-state index in [1.807, 2.05) is 6.07 Å². The first kappa shape index (κ1) is 13.5. The summed E-state index contributed by atoms with van der Waals surface area (Å²) in [6.45, 7) is 3.01. The number of hydrogen-bond donors (Lipinski definition) is 1. The monoisotopic (exact) mass is 253 g/mol. The van der Waals surface area contributed by atoms with Gasteiger partial charge in [-0.05, 0) is 42.9 Å². The molecule has 0 heterocycles. The summed E-state index contributed by atoms with van der Waals surface area (Å²) < 4.78 is 28.8. The number of hydrogen-bond acceptors (Lipinski definition) is 1. The van der Waals surface area contributed by atoms with Gasteiger partial charge >= 0.3 is 0 Å². The smallest absolute Gasteiger partial charge is 0.279 e. The van der Waals surface area contributed by atoms with Crippen molar-refractivity contribution in [2.45, 2.75) is 45.5 Å². The lowest BCUT2D eigenvalue weighted by Crippen LogP contribution is -2.40. The predicted octanol–water partition coefficient (Wildman–Crippen LogP) is 3.64. The molecule has 3 heteroatoms. The van der Waals surface area contributed by atoms with Crippen LogP contribution >= 0.6 is 0 Å². The lowest BCUT2D eigenvalue weighted by molar-refractivity contribution is -0.108. The molecule has 0 spiro atoms. The molecule has 2 rings (SSSR count). The van der Waals surface area contributed by atoms with Gasteiger partial charge in [0.2, 0.25) is 0 Å². The van der Waals surface area contributed by atoms with Crippen LogP contribution in [-0.2, 0) is 18.8 Å². The summed E-state index contributed by atoms with van der Waals surface area (Å²) in [6.07, 6.45) is 4.20. The lowest BCUT2D eigenvalue weighted by atomic mass is 9.80. The first-order valence-electron chi connectivity index (χ1n) is 6.58. The number of rotatable bonds is 3. The van der Waals surface area contributed by atoms with Crippen LogP contribution in [0.3, 0.4) is 0 Å². The maximum Gasteiger partial charge on any atom is 0.279 e. The number of benzene rings is 1. The van der Waals surface area contributed by atoms with E-state index < -0.39 is 11.3 Å². The van der Waals surface area contributed by atoms with E-state index in [4.69, 9.17) is 5.73 Å². The number of halogens is 2. The molecule has 0 aromatic heterocycles. The number of fused-ring (bicyclic) bond motifs is 1. The molecule has 2 N–H and O–H groups in total. The molecule has 1 aliphatic rings. The molecule has 0 amide bonds. The van der Waals surface area contributed by atoms with Gasteiger partial charge in [-0.2, -0.15) is 0 Å². The van der Waals surface area contributed by atoms with Gasteiger partial charge in [0.25, 0.3) is 5.92 Å². The van der Waals surface area contributed by atoms with Gasteiger partial charge in [0.05, 0.1) is 0 Å². The second-order valence-corrected chi connectivity index (χ2v) is 5.85. The summed E-state index contributed by atoms with van der Waals surface area (Å²) in [5.41, 5.74) is 6.70. The molecule has 0 bridgehead atoms. The van der Waals surface area contributed by atoms with Crippen molar-refractivity contribution in [1.82, 2.24) is 0 Å². The molecule has 1 aromatic rings. The maximum absolute atomic E-state index is 14.4. The van der Waals surface area contributed by atoms with Gasteiger partial charge in [0.15, 0.2) is 0 Å². The molecule has 0 fully saturated rings. The second-order valence-electron chi connectivity index (χ2n) is 5.85. The van der Waals surface area contributed by atoms with Crippen LogP contribution in [0.15, 0.2) is 18.2 Å². The van der Waals surface area contributed by atoms with Crippen LogP contribution in [0.5, 0.6) is 0 Å². The highest BCUT2D eigenvalue weighted by atomic mass is 19.3. The zero-order valence-corrected chi connectivity index (χ0v) is 11.1. The molecule has 0 aliphatic heterocycles. The Hall–Kier alpha value is -0.960. The van der Waals surface area contributed by atoms with Gasteiger partial charge in [-0.1, -0.05) is 26.0 Å². The molecule has 100 valence electrons. The summed E-state index contributed by atoms with van der Waals surface area (Å²) >= 11 is 0. The highest BCUT2D eigenvalue weighted by Crippen LogP contribution is 2.44. The van der Waals surface area contributed by atoms with Crippen molar-refractivity contribution in [3.8, 4) is 0 Å². The van der Waals surface area contributed by atoms with Crippen LogP contribution in [0.4, 0.5) is 8.78 Å². The number of nitrogens with two attached hydrogens (primary N) is 1. The molecule has 0 saturated heterocycles. The molecule has 1 aliphatic carbocycles. The first-order valence-corrected chi connectivity index (χ1v) is 6.58. The van der Waals surface area contributed by atoms with Crippen LogP contribution in [-0.4, -0.2) is 6.54 Å². The fraction of sp³-hybridized carbons (Fsp3) is 0.600. The molecule has 0 unspecified atom stereocenters. The molecular formula is C15H21F2N. The average molecular weight is 253 g/mol. The Morgan fingerprint density at radius 2 is 1.72 bits per heavy atom. The fourth-order valence-corrected chi connectivity index (χ4v) is 2.45. The van der Waals surface area contributed by atoms with Crippen LogP contribution in [0.2, 0.25) is 0 Å². The van der Waals surface area contributed by atoms with E-state index >= 15 is 0 Å². The van der Waals surface area contributed by atoms with Crippen LogP contribution in [0.1, 0.15) is 43.4 Å². The maximum atomic E-state index is 14.4. The molecular weight excluding hydrogens is 232 g/mol. The van der Waals surface area contributed by atoms with Crippen LogP contribution in [0.25, 0.3) is 0 Å². The third kappa shape index (κ3) is 2.16. The van der Waals surface area contributed by atoms with Crippen molar-refractivity contribution >= 4 is 0 Å². The Labute approximate surface area is 107 Å². The highest BCUT2D eigenvalue weighted by Gasteiger charge is 2.47. The zero-order valence-electron chi connectivity index (χ0n) is 11.1. The minimum absolute atomic E-state index is 0.0307.